The van der Waals surface area contributed by atoms with Gasteiger partial charge in [0.2, 0.25) is 0 Å². The van der Waals surface area contributed by atoms with Crippen LogP contribution >= 0.6 is 0 Å². The molecule has 21 heavy (non-hydrogen) atoms. The Bertz CT molecular complexity index is 728. The number of carbonyl (C=O) groups is 1. The number of phenolic OH excluding ortho intramolecular Hbond substituents is 2. The average molecular weight is 280 g/mol. The van der Waals surface area contributed by atoms with Crippen LogP contribution in [-0.2, 0) is 4.79 Å². The molecule has 0 heterocycles. The van der Waals surface area contributed by atoms with E-state index in [-0.39, 0.29) is 17.1 Å². The number of anilines is 1. The van der Waals surface area contributed by atoms with Crippen LogP contribution in [0.3, 0.4) is 0 Å². The third-order valence-corrected chi connectivity index (χ3v) is 2.73. The zero-order valence-electron chi connectivity index (χ0n) is 10.9. The van der Waals surface area contributed by atoms with Crippen LogP contribution in [0.1, 0.15) is 5.56 Å². The topological polar surface area (TPSA) is 93.3 Å². The molecule has 1 amide bonds. The number of benzene rings is 2. The minimum atomic E-state index is -0.591. The van der Waals surface area contributed by atoms with E-state index in [0.717, 1.165) is 0 Å². The molecule has 0 radical (unpaired) electrons. The van der Waals surface area contributed by atoms with E-state index in [1.807, 2.05) is 0 Å². The largest absolute Gasteiger partial charge is 0.508 e. The summed E-state index contributed by atoms with van der Waals surface area (Å²) in [4.78, 5) is 12.0. The molecule has 0 spiro atoms. The van der Waals surface area contributed by atoms with E-state index in [1.165, 1.54) is 36.4 Å². The molecule has 0 saturated heterocycles. The van der Waals surface area contributed by atoms with Crippen molar-refractivity contribution in [3.05, 3.63) is 59.7 Å². The molecule has 2 rings (SSSR count). The Morgan fingerprint density at radius 1 is 1.10 bits per heavy atom. The maximum absolute atomic E-state index is 12.0. The number of amides is 1. The highest BCUT2D eigenvalue weighted by atomic mass is 16.3. The lowest BCUT2D eigenvalue weighted by molar-refractivity contribution is -0.112. The normalized spacial score (nSPS) is 10.7. The summed E-state index contributed by atoms with van der Waals surface area (Å²) >= 11 is 0. The highest BCUT2D eigenvalue weighted by Crippen LogP contribution is 2.20. The standard InChI is InChI=1S/C16H12N2O3/c17-10-12(9-11-3-1-2-4-15(11)20)16(21)18-13-5-7-14(19)8-6-13/h1-9,19-20H,(H,18,21). The lowest BCUT2D eigenvalue weighted by atomic mass is 10.1. The third kappa shape index (κ3) is 3.61. The SMILES string of the molecule is N#CC(=Cc1ccccc1O)C(=O)Nc1ccc(O)cc1. The highest BCUT2D eigenvalue weighted by molar-refractivity contribution is 6.09. The fourth-order valence-corrected chi connectivity index (χ4v) is 1.66. The molecule has 0 aliphatic carbocycles. The number of carbonyl (C=O) groups excluding carboxylic acids is 1. The minimum absolute atomic E-state index is 0.0114. The molecule has 3 N–H and O–H groups in total. The quantitative estimate of drug-likeness (QED) is 0.457. The number of hydrogen-bond donors (Lipinski definition) is 3. The smallest absolute Gasteiger partial charge is 0.266 e. The van der Waals surface area contributed by atoms with Crippen molar-refractivity contribution in [3.8, 4) is 17.6 Å². The molecular weight excluding hydrogens is 268 g/mol. The number of aromatic hydroxyl groups is 2. The minimum Gasteiger partial charge on any atom is -0.508 e. The van der Waals surface area contributed by atoms with Crippen LogP contribution in [-0.4, -0.2) is 16.1 Å². The van der Waals surface area contributed by atoms with E-state index in [2.05, 4.69) is 5.32 Å². The van der Waals surface area contributed by atoms with Crippen molar-refractivity contribution in [2.24, 2.45) is 0 Å². The summed E-state index contributed by atoms with van der Waals surface area (Å²) in [6.45, 7) is 0. The molecule has 0 aliphatic rings. The Morgan fingerprint density at radius 2 is 1.76 bits per heavy atom. The maximum atomic E-state index is 12.0. The van der Waals surface area contributed by atoms with Crippen LogP contribution < -0.4 is 5.32 Å². The molecule has 104 valence electrons. The maximum Gasteiger partial charge on any atom is 0.266 e. The van der Waals surface area contributed by atoms with Gasteiger partial charge in [0, 0.05) is 11.3 Å². The third-order valence-electron chi connectivity index (χ3n) is 2.73. The van der Waals surface area contributed by atoms with Gasteiger partial charge in [-0.2, -0.15) is 5.26 Å². The van der Waals surface area contributed by atoms with Crippen LogP contribution in [0.4, 0.5) is 5.69 Å². The highest BCUT2D eigenvalue weighted by Gasteiger charge is 2.10. The number of hydrogen-bond acceptors (Lipinski definition) is 4. The van der Waals surface area contributed by atoms with E-state index in [1.54, 1.807) is 24.3 Å². The first-order valence-corrected chi connectivity index (χ1v) is 6.10. The summed E-state index contributed by atoms with van der Waals surface area (Å²) in [5.41, 5.74) is 0.704. The summed E-state index contributed by atoms with van der Waals surface area (Å²) in [5.74, 6) is -0.521. The molecule has 2 aromatic carbocycles. The Balaban J connectivity index is 2.22. The Morgan fingerprint density at radius 3 is 2.38 bits per heavy atom. The molecule has 0 aliphatic heterocycles. The second-order valence-corrected chi connectivity index (χ2v) is 4.23. The van der Waals surface area contributed by atoms with Crippen molar-refractivity contribution in [2.45, 2.75) is 0 Å². The lowest BCUT2D eigenvalue weighted by Crippen LogP contribution is -2.13. The first kappa shape index (κ1) is 14.2. The number of rotatable bonds is 3. The van der Waals surface area contributed by atoms with Crippen LogP contribution in [0.5, 0.6) is 11.5 Å². The number of phenols is 2. The summed E-state index contributed by atoms with van der Waals surface area (Å²) in [5, 5.41) is 30.4. The molecule has 0 saturated carbocycles. The van der Waals surface area contributed by atoms with Gasteiger partial charge >= 0.3 is 0 Å². The van der Waals surface area contributed by atoms with Crippen molar-refractivity contribution >= 4 is 17.7 Å². The molecular formula is C16H12N2O3. The van der Waals surface area contributed by atoms with E-state index in [0.29, 0.717) is 11.3 Å². The van der Waals surface area contributed by atoms with Gasteiger partial charge in [-0.15, -0.1) is 0 Å². The van der Waals surface area contributed by atoms with E-state index in [4.69, 9.17) is 10.4 Å². The lowest BCUT2D eigenvalue weighted by Gasteiger charge is -2.05. The number of para-hydroxylation sites is 1. The van der Waals surface area contributed by atoms with Gasteiger partial charge in [0.25, 0.3) is 5.91 Å². The van der Waals surface area contributed by atoms with Crippen LogP contribution in [0, 0.1) is 11.3 Å². The predicted molar refractivity (Wildman–Crippen MR) is 78.4 cm³/mol. The zero-order chi connectivity index (χ0) is 15.2. The van der Waals surface area contributed by atoms with Gasteiger partial charge in [0.15, 0.2) is 0 Å². The number of nitriles is 1. The van der Waals surface area contributed by atoms with E-state index >= 15 is 0 Å². The van der Waals surface area contributed by atoms with Gasteiger partial charge < -0.3 is 15.5 Å². The van der Waals surface area contributed by atoms with Crippen LogP contribution in [0.15, 0.2) is 54.1 Å². The fraction of sp³-hybridized carbons (Fsp3) is 0. The molecule has 0 aromatic heterocycles. The molecule has 5 heteroatoms. The van der Waals surface area contributed by atoms with Crippen LogP contribution in [0.2, 0.25) is 0 Å². The number of nitrogens with zero attached hydrogens (tertiary/aromatic N) is 1. The van der Waals surface area contributed by atoms with Gasteiger partial charge in [-0.3, -0.25) is 4.79 Å². The van der Waals surface area contributed by atoms with Crippen molar-refractivity contribution in [1.29, 1.82) is 5.26 Å². The fourth-order valence-electron chi connectivity index (χ4n) is 1.66. The Labute approximate surface area is 121 Å². The first-order valence-electron chi connectivity index (χ1n) is 6.10. The van der Waals surface area contributed by atoms with E-state index in [9.17, 15) is 9.90 Å². The van der Waals surface area contributed by atoms with Gasteiger partial charge in [-0.05, 0) is 36.4 Å². The summed E-state index contributed by atoms with van der Waals surface area (Å²) in [6, 6.07) is 14.1. The number of nitrogens with one attached hydrogen (secondary N) is 1. The molecule has 5 nitrogen and oxygen atoms in total. The van der Waals surface area contributed by atoms with Crippen LogP contribution in [0.25, 0.3) is 6.08 Å². The molecule has 0 atom stereocenters. The molecule has 2 aromatic rings. The second-order valence-electron chi connectivity index (χ2n) is 4.23. The zero-order valence-corrected chi connectivity index (χ0v) is 10.9. The summed E-state index contributed by atoms with van der Waals surface area (Å²) < 4.78 is 0. The van der Waals surface area contributed by atoms with Crippen molar-refractivity contribution < 1.29 is 15.0 Å². The summed E-state index contributed by atoms with van der Waals surface area (Å²) in [7, 11) is 0. The second kappa shape index (κ2) is 6.26. The van der Waals surface area contributed by atoms with Gasteiger partial charge in [0.1, 0.15) is 23.1 Å². The van der Waals surface area contributed by atoms with E-state index < -0.39 is 5.91 Å². The Hall–Kier alpha value is -3.26. The molecule has 0 unspecified atom stereocenters. The summed E-state index contributed by atoms with van der Waals surface area (Å²) in [6.07, 6.45) is 1.31. The first-order chi connectivity index (χ1) is 10.1. The Kier molecular flexibility index (Phi) is 4.22. The monoisotopic (exact) mass is 280 g/mol. The van der Waals surface area contributed by atoms with Crippen molar-refractivity contribution in [1.82, 2.24) is 0 Å². The van der Waals surface area contributed by atoms with Gasteiger partial charge in [-0.25, -0.2) is 0 Å². The van der Waals surface area contributed by atoms with Gasteiger partial charge in [-0.1, -0.05) is 18.2 Å². The van der Waals surface area contributed by atoms with Gasteiger partial charge in [0.05, 0.1) is 0 Å². The average Bonchev–Trinajstić information content (AvgIpc) is 2.48. The van der Waals surface area contributed by atoms with Crippen molar-refractivity contribution in [2.75, 3.05) is 5.32 Å². The molecule has 0 bridgehead atoms. The van der Waals surface area contributed by atoms with Crippen molar-refractivity contribution in [3.63, 3.8) is 0 Å². The predicted octanol–water partition coefficient (Wildman–Crippen LogP) is 2.64. The molecule has 0 fully saturated rings.